The van der Waals surface area contributed by atoms with E-state index in [0.717, 1.165) is 18.2 Å². The summed E-state index contributed by atoms with van der Waals surface area (Å²) in [6, 6.07) is 9.99. The number of nitrogens with one attached hydrogen (secondary N) is 1. The molecule has 0 saturated carbocycles. The summed E-state index contributed by atoms with van der Waals surface area (Å²) >= 11 is 0. The molecule has 0 spiro atoms. The summed E-state index contributed by atoms with van der Waals surface area (Å²) < 4.78 is 43.0. The van der Waals surface area contributed by atoms with Crippen molar-refractivity contribution in [2.75, 3.05) is 12.4 Å². The summed E-state index contributed by atoms with van der Waals surface area (Å²) in [7, 11) is 1.37. The van der Waals surface area contributed by atoms with Crippen LogP contribution in [0.3, 0.4) is 0 Å². The maximum Gasteiger partial charge on any atom is 0.416 e. The normalized spacial score (nSPS) is 11.6. The van der Waals surface area contributed by atoms with Crippen molar-refractivity contribution in [3.8, 4) is 17.6 Å². The van der Waals surface area contributed by atoms with E-state index in [0.29, 0.717) is 5.56 Å². The lowest BCUT2D eigenvalue weighted by atomic mass is 10.1. The molecule has 0 bridgehead atoms. The Morgan fingerprint density at radius 3 is 2.58 bits per heavy atom. The fourth-order valence-electron chi connectivity index (χ4n) is 2.08. The smallest absolute Gasteiger partial charge is 0.416 e. The zero-order chi connectivity index (χ0) is 19.3. The first-order valence-electron chi connectivity index (χ1n) is 7.22. The molecule has 0 radical (unpaired) electrons. The minimum Gasteiger partial charge on any atom is -0.504 e. The van der Waals surface area contributed by atoms with Gasteiger partial charge in [0, 0.05) is 5.69 Å². The van der Waals surface area contributed by atoms with E-state index in [1.807, 2.05) is 0 Å². The van der Waals surface area contributed by atoms with E-state index in [1.54, 1.807) is 6.07 Å². The summed E-state index contributed by atoms with van der Waals surface area (Å²) in [6.45, 7) is 0. The van der Waals surface area contributed by atoms with Crippen molar-refractivity contribution in [3.05, 3.63) is 59.2 Å². The topological polar surface area (TPSA) is 82.3 Å². The molecule has 0 unspecified atom stereocenters. The van der Waals surface area contributed by atoms with Crippen LogP contribution in [0, 0.1) is 11.3 Å². The number of ether oxygens (including phenoxy) is 1. The number of nitrogens with zero attached hydrogens (tertiary/aromatic N) is 1. The van der Waals surface area contributed by atoms with Gasteiger partial charge in [0.15, 0.2) is 11.5 Å². The van der Waals surface area contributed by atoms with Crippen molar-refractivity contribution in [1.29, 1.82) is 5.26 Å². The molecular weight excluding hydrogens is 349 g/mol. The van der Waals surface area contributed by atoms with Crippen molar-refractivity contribution >= 4 is 17.7 Å². The number of nitriles is 1. The molecule has 0 aromatic heterocycles. The number of anilines is 1. The number of carbonyl (C=O) groups excluding carboxylic acids is 1. The Hall–Kier alpha value is -3.47. The van der Waals surface area contributed by atoms with Gasteiger partial charge in [0.05, 0.1) is 12.7 Å². The molecule has 26 heavy (non-hydrogen) atoms. The number of halogens is 3. The van der Waals surface area contributed by atoms with Gasteiger partial charge in [-0.25, -0.2) is 0 Å². The fraction of sp³-hybridized carbons (Fsp3) is 0.111. The number of hydrogen-bond donors (Lipinski definition) is 2. The molecule has 0 aliphatic heterocycles. The number of rotatable bonds is 4. The molecule has 2 aromatic rings. The maximum atomic E-state index is 12.7. The van der Waals surface area contributed by atoms with E-state index in [-0.39, 0.29) is 22.8 Å². The zero-order valence-electron chi connectivity index (χ0n) is 13.5. The Bertz CT molecular complexity index is 899. The minimum atomic E-state index is -4.55. The van der Waals surface area contributed by atoms with Crippen molar-refractivity contribution < 1.29 is 27.8 Å². The Morgan fingerprint density at radius 2 is 2.00 bits per heavy atom. The first-order valence-corrected chi connectivity index (χ1v) is 7.22. The molecule has 0 atom stereocenters. The molecule has 8 heteroatoms. The molecule has 0 heterocycles. The third-order valence-electron chi connectivity index (χ3n) is 3.33. The van der Waals surface area contributed by atoms with Crippen LogP contribution in [0.25, 0.3) is 6.08 Å². The summed E-state index contributed by atoms with van der Waals surface area (Å²) in [5.74, 6) is -0.840. The van der Waals surface area contributed by atoms with Gasteiger partial charge in [0.1, 0.15) is 11.6 Å². The highest BCUT2D eigenvalue weighted by Gasteiger charge is 2.30. The fourth-order valence-corrected chi connectivity index (χ4v) is 2.08. The van der Waals surface area contributed by atoms with Crippen molar-refractivity contribution in [2.24, 2.45) is 0 Å². The number of methoxy groups -OCH3 is 1. The molecule has 5 nitrogen and oxygen atoms in total. The first kappa shape index (κ1) is 18.9. The maximum absolute atomic E-state index is 12.7. The van der Waals surface area contributed by atoms with Crippen LogP contribution in [0.1, 0.15) is 11.1 Å². The molecule has 0 saturated heterocycles. The van der Waals surface area contributed by atoms with E-state index in [1.165, 1.54) is 37.5 Å². The molecule has 2 rings (SSSR count). The Kier molecular flexibility index (Phi) is 5.52. The highest BCUT2D eigenvalue weighted by atomic mass is 19.4. The number of phenols is 1. The summed E-state index contributed by atoms with van der Waals surface area (Å²) in [4.78, 5) is 12.1. The number of phenolic OH excluding ortho intramolecular Hbond substituents is 1. The Labute approximate surface area is 146 Å². The Morgan fingerprint density at radius 1 is 1.27 bits per heavy atom. The molecular formula is C18H13F3N2O3. The second-order valence-electron chi connectivity index (χ2n) is 5.13. The van der Waals surface area contributed by atoms with E-state index < -0.39 is 17.6 Å². The standard InChI is InChI=1S/C18H13F3N2O3/c1-26-16-6-5-11(8-15(16)24)7-12(10-22)17(25)23-14-4-2-3-13(9-14)18(19,20)21/h2-9,24H,1H3,(H,23,25). The lowest BCUT2D eigenvalue weighted by Gasteiger charge is -2.09. The lowest BCUT2D eigenvalue weighted by molar-refractivity contribution is -0.137. The van der Waals surface area contributed by atoms with Crippen LogP contribution in [0.15, 0.2) is 48.0 Å². The SMILES string of the molecule is COc1ccc(C=C(C#N)C(=O)Nc2cccc(C(F)(F)F)c2)cc1O. The largest absolute Gasteiger partial charge is 0.504 e. The van der Waals surface area contributed by atoms with Crippen molar-refractivity contribution in [3.63, 3.8) is 0 Å². The molecule has 0 aliphatic rings. The second-order valence-corrected chi connectivity index (χ2v) is 5.13. The van der Waals surface area contributed by atoms with Gasteiger partial charge in [-0.1, -0.05) is 12.1 Å². The van der Waals surface area contributed by atoms with E-state index in [9.17, 15) is 23.1 Å². The molecule has 0 aliphatic carbocycles. The van der Waals surface area contributed by atoms with Crippen LogP contribution in [0.4, 0.5) is 18.9 Å². The average molecular weight is 362 g/mol. The number of alkyl halides is 3. The van der Waals surface area contributed by atoms with E-state index in [4.69, 9.17) is 10.00 Å². The van der Waals surface area contributed by atoms with Crippen LogP contribution in [-0.4, -0.2) is 18.1 Å². The molecule has 0 fully saturated rings. The van der Waals surface area contributed by atoms with E-state index >= 15 is 0 Å². The monoisotopic (exact) mass is 362 g/mol. The van der Waals surface area contributed by atoms with Gasteiger partial charge in [-0.15, -0.1) is 0 Å². The number of amides is 1. The second kappa shape index (κ2) is 7.61. The van der Waals surface area contributed by atoms with Gasteiger partial charge in [-0.2, -0.15) is 18.4 Å². The summed E-state index contributed by atoms with van der Waals surface area (Å²) in [5, 5.41) is 21.1. The molecule has 134 valence electrons. The summed E-state index contributed by atoms with van der Waals surface area (Å²) in [5.41, 5.74) is -1.01. The van der Waals surface area contributed by atoms with Gasteiger partial charge in [0.25, 0.3) is 5.91 Å². The number of aromatic hydroxyl groups is 1. The van der Waals surface area contributed by atoms with E-state index in [2.05, 4.69) is 5.32 Å². The van der Waals surface area contributed by atoms with Crippen molar-refractivity contribution in [2.45, 2.75) is 6.18 Å². The number of benzene rings is 2. The first-order chi connectivity index (χ1) is 12.2. The van der Waals surface area contributed by atoms with Crippen LogP contribution in [0.2, 0.25) is 0 Å². The molecule has 2 N–H and O–H groups in total. The lowest BCUT2D eigenvalue weighted by Crippen LogP contribution is -2.14. The predicted molar refractivity (Wildman–Crippen MR) is 88.3 cm³/mol. The molecule has 1 amide bonds. The van der Waals surface area contributed by atoms with Crippen LogP contribution < -0.4 is 10.1 Å². The quantitative estimate of drug-likeness (QED) is 0.637. The molecule has 2 aromatic carbocycles. The number of carbonyl (C=O) groups is 1. The summed E-state index contributed by atoms with van der Waals surface area (Å²) in [6.07, 6.45) is -3.35. The van der Waals surface area contributed by atoms with Gasteiger partial charge in [0.2, 0.25) is 0 Å². The third kappa shape index (κ3) is 4.54. The highest BCUT2D eigenvalue weighted by Crippen LogP contribution is 2.31. The van der Waals surface area contributed by atoms with Gasteiger partial charge in [-0.05, 0) is 42.0 Å². The Balaban J connectivity index is 2.24. The third-order valence-corrected chi connectivity index (χ3v) is 3.33. The van der Waals surface area contributed by atoms with Crippen LogP contribution in [0.5, 0.6) is 11.5 Å². The van der Waals surface area contributed by atoms with Gasteiger partial charge < -0.3 is 15.2 Å². The highest BCUT2D eigenvalue weighted by molar-refractivity contribution is 6.09. The van der Waals surface area contributed by atoms with Crippen molar-refractivity contribution in [1.82, 2.24) is 0 Å². The van der Waals surface area contributed by atoms with Gasteiger partial charge in [-0.3, -0.25) is 4.79 Å². The predicted octanol–water partition coefficient (Wildman–Crippen LogP) is 3.97. The van der Waals surface area contributed by atoms with Gasteiger partial charge >= 0.3 is 6.18 Å². The zero-order valence-corrected chi connectivity index (χ0v) is 13.5. The minimum absolute atomic E-state index is 0.0939. The number of hydrogen-bond acceptors (Lipinski definition) is 4. The van der Waals surface area contributed by atoms with Crippen LogP contribution in [-0.2, 0) is 11.0 Å². The van der Waals surface area contributed by atoms with Crippen LogP contribution >= 0.6 is 0 Å². The average Bonchev–Trinajstić information content (AvgIpc) is 2.59.